The molecule has 8 heteroatoms. The third-order valence-electron chi connectivity index (χ3n) is 2.64. The van der Waals surface area contributed by atoms with Gasteiger partial charge in [-0.05, 0) is 6.92 Å². The van der Waals surface area contributed by atoms with Crippen molar-refractivity contribution in [2.75, 3.05) is 6.61 Å². The fourth-order valence-corrected chi connectivity index (χ4v) is 1.51. The highest BCUT2D eigenvalue weighted by atomic mass is 16.6. The molecule has 1 aliphatic heterocycles. The molecule has 6 N–H and O–H groups in total. The number of aliphatic hydroxyl groups is 4. The van der Waals surface area contributed by atoms with Crippen LogP contribution in [0.3, 0.4) is 0 Å². The van der Waals surface area contributed by atoms with Gasteiger partial charge in [-0.2, -0.15) is 0 Å². The number of hydrogen-bond donors (Lipinski definition) is 6. The Morgan fingerprint density at radius 3 is 2.44 bits per heavy atom. The summed E-state index contributed by atoms with van der Waals surface area (Å²) in [6, 6.07) is -1.12. The Kier molecular flexibility index (Phi) is 5.20. The van der Waals surface area contributed by atoms with E-state index in [1.807, 2.05) is 0 Å². The summed E-state index contributed by atoms with van der Waals surface area (Å²) >= 11 is 0. The number of carbonyl (C=O) groups is 1. The standard InChI is InChI=1S/C10H18N2O6/c1-4(2)9(16)12-11-6-8(15)7(14)5(3-13)18-10(6)17/h5-8,10-11,13-15,17H,1,3H2,2H3,(H,12,16)/t5-,6-,7-,8-,10?/m1/s1. The lowest BCUT2D eigenvalue weighted by atomic mass is 9.98. The highest BCUT2D eigenvalue weighted by Crippen LogP contribution is 2.19. The second-order valence-electron chi connectivity index (χ2n) is 4.13. The summed E-state index contributed by atoms with van der Waals surface area (Å²) < 4.78 is 4.88. The van der Waals surface area contributed by atoms with Gasteiger partial charge in [-0.15, -0.1) is 0 Å². The molecule has 1 aliphatic rings. The molecule has 0 bridgehead atoms. The van der Waals surface area contributed by atoms with Gasteiger partial charge in [-0.1, -0.05) is 6.58 Å². The lowest BCUT2D eigenvalue weighted by molar-refractivity contribution is -0.255. The topological polar surface area (TPSA) is 131 Å². The summed E-state index contributed by atoms with van der Waals surface area (Å²) in [5.74, 6) is -0.520. The van der Waals surface area contributed by atoms with Crippen LogP contribution in [0.25, 0.3) is 0 Å². The van der Waals surface area contributed by atoms with E-state index >= 15 is 0 Å². The Hall–Kier alpha value is -1.03. The largest absolute Gasteiger partial charge is 0.394 e. The average molecular weight is 262 g/mol. The first-order valence-corrected chi connectivity index (χ1v) is 5.40. The second kappa shape index (κ2) is 6.23. The van der Waals surface area contributed by atoms with E-state index in [1.165, 1.54) is 6.92 Å². The zero-order chi connectivity index (χ0) is 13.9. The fourth-order valence-electron chi connectivity index (χ4n) is 1.51. The Balaban J connectivity index is 2.60. The van der Waals surface area contributed by atoms with Crippen LogP contribution in [0.5, 0.6) is 0 Å². The minimum Gasteiger partial charge on any atom is -0.394 e. The van der Waals surface area contributed by atoms with Gasteiger partial charge < -0.3 is 25.2 Å². The van der Waals surface area contributed by atoms with Gasteiger partial charge in [0, 0.05) is 5.57 Å². The van der Waals surface area contributed by atoms with E-state index < -0.39 is 43.2 Å². The lowest BCUT2D eigenvalue weighted by Gasteiger charge is -2.40. The molecule has 0 aromatic heterocycles. The van der Waals surface area contributed by atoms with E-state index in [4.69, 9.17) is 9.84 Å². The van der Waals surface area contributed by atoms with E-state index in [-0.39, 0.29) is 5.57 Å². The van der Waals surface area contributed by atoms with Crippen LogP contribution >= 0.6 is 0 Å². The first-order valence-electron chi connectivity index (χ1n) is 5.40. The van der Waals surface area contributed by atoms with Crippen LogP contribution in [0.2, 0.25) is 0 Å². The average Bonchev–Trinajstić information content (AvgIpc) is 2.33. The van der Waals surface area contributed by atoms with E-state index in [1.54, 1.807) is 0 Å². The van der Waals surface area contributed by atoms with E-state index in [9.17, 15) is 20.1 Å². The molecule has 1 fully saturated rings. The number of nitrogens with one attached hydrogen (secondary N) is 2. The van der Waals surface area contributed by atoms with Crippen molar-refractivity contribution in [1.82, 2.24) is 10.9 Å². The van der Waals surface area contributed by atoms with Gasteiger partial charge in [0.15, 0.2) is 6.29 Å². The van der Waals surface area contributed by atoms with Crippen molar-refractivity contribution in [3.63, 3.8) is 0 Å². The predicted molar refractivity (Wildman–Crippen MR) is 59.9 cm³/mol. The molecule has 0 aliphatic carbocycles. The lowest BCUT2D eigenvalue weighted by Crippen LogP contribution is -2.66. The molecule has 0 spiro atoms. The molecule has 1 unspecified atom stereocenters. The first kappa shape index (κ1) is 15.0. The monoisotopic (exact) mass is 262 g/mol. The second-order valence-corrected chi connectivity index (χ2v) is 4.13. The van der Waals surface area contributed by atoms with Crippen LogP contribution in [-0.4, -0.2) is 63.6 Å². The van der Waals surface area contributed by atoms with Gasteiger partial charge in [0.05, 0.1) is 6.61 Å². The highest BCUT2D eigenvalue weighted by Gasteiger charge is 2.43. The molecule has 0 radical (unpaired) electrons. The minimum absolute atomic E-state index is 0.233. The van der Waals surface area contributed by atoms with Gasteiger partial charge in [0.1, 0.15) is 24.4 Å². The van der Waals surface area contributed by atoms with Gasteiger partial charge in [-0.3, -0.25) is 10.2 Å². The molecule has 0 aromatic carbocycles. The van der Waals surface area contributed by atoms with Crippen molar-refractivity contribution >= 4 is 5.91 Å². The molecule has 0 saturated carbocycles. The molecule has 1 saturated heterocycles. The number of ether oxygens (including phenoxy) is 1. The zero-order valence-electron chi connectivity index (χ0n) is 9.91. The third-order valence-corrected chi connectivity index (χ3v) is 2.64. The van der Waals surface area contributed by atoms with Crippen molar-refractivity contribution in [2.45, 2.75) is 37.6 Å². The molecule has 1 rings (SSSR count). The molecule has 1 heterocycles. The van der Waals surface area contributed by atoms with Crippen molar-refractivity contribution in [1.29, 1.82) is 0 Å². The number of carbonyl (C=O) groups excluding carboxylic acids is 1. The quantitative estimate of drug-likeness (QED) is 0.235. The minimum atomic E-state index is -1.48. The van der Waals surface area contributed by atoms with Crippen molar-refractivity contribution < 1.29 is 30.0 Å². The maximum Gasteiger partial charge on any atom is 0.260 e. The molecule has 0 aromatic rings. The Bertz CT molecular complexity index is 323. The van der Waals surface area contributed by atoms with Gasteiger partial charge in [-0.25, -0.2) is 5.43 Å². The van der Waals surface area contributed by atoms with E-state index in [0.717, 1.165) is 0 Å². The molecule has 1 amide bonds. The number of hydrazine groups is 1. The number of hydrogen-bond acceptors (Lipinski definition) is 7. The number of amides is 1. The van der Waals surface area contributed by atoms with Crippen LogP contribution < -0.4 is 10.9 Å². The molecule has 18 heavy (non-hydrogen) atoms. The van der Waals surface area contributed by atoms with Crippen LogP contribution in [-0.2, 0) is 9.53 Å². The van der Waals surface area contributed by atoms with Crippen LogP contribution in [0.15, 0.2) is 12.2 Å². The smallest absolute Gasteiger partial charge is 0.260 e. The van der Waals surface area contributed by atoms with Gasteiger partial charge >= 0.3 is 0 Å². The Morgan fingerprint density at radius 2 is 1.94 bits per heavy atom. The van der Waals surface area contributed by atoms with Crippen LogP contribution in [0, 0.1) is 0 Å². The Labute approximate surface area is 104 Å². The maximum atomic E-state index is 11.2. The summed E-state index contributed by atoms with van der Waals surface area (Å²) in [5, 5.41) is 37.7. The van der Waals surface area contributed by atoms with Crippen molar-refractivity contribution in [3.8, 4) is 0 Å². The summed E-state index contributed by atoms with van der Waals surface area (Å²) in [7, 11) is 0. The number of rotatable bonds is 4. The Morgan fingerprint density at radius 1 is 1.33 bits per heavy atom. The van der Waals surface area contributed by atoms with Crippen molar-refractivity contribution in [3.05, 3.63) is 12.2 Å². The molecule has 5 atom stereocenters. The number of aliphatic hydroxyl groups excluding tert-OH is 4. The van der Waals surface area contributed by atoms with Gasteiger partial charge in [0.2, 0.25) is 0 Å². The summed E-state index contributed by atoms with van der Waals surface area (Å²) in [6.07, 6.45) is -5.34. The van der Waals surface area contributed by atoms with Gasteiger partial charge in [0.25, 0.3) is 5.91 Å². The summed E-state index contributed by atoms with van der Waals surface area (Å²) in [4.78, 5) is 11.2. The first-order chi connectivity index (χ1) is 8.38. The highest BCUT2D eigenvalue weighted by molar-refractivity contribution is 5.91. The van der Waals surface area contributed by atoms with Crippen LogP contribution in [0.4, 0.5) is 0 Å². The SMILES string of the molecule is C=C(C)C(=O)NN[C@H]1C(O)O[C@H](CO)[C@@H](O)[C@@H]1O. The fraction of sp³-hybridized carbons (Fsp3) is 0.700. The molecule has 104 valence electrons. The molecule has 8 nitrogen and oxygen atoms in total. The van der Waals surface area contributed by atoms with Crippen molar-refractivity contribution in [2.24, 2.45) is 0 Å². The zero-order valence-corrected chi connectivity index (χ0v) is 9.91. The van der Waals surface area contributed by atoms with E-state index in [2.05, 4.69) is 17.4 Å². The predicted octanol–water partition coefficient (Wildman–Crippen LogP) is -3.02. The third kappa shape index (κ3) is 3.25. The molecular formula is C10H18N2O6. The van der Waals surface area contributed by atoms with Crippen LogP contribution in [0.1, 0.15) is 6.92 Å². The summed E-state index contributed by atoms with van der Waals surface area (Å²) in [5.41, 5.74) is 4.79. The van der Waals surface area contributed by atoms with E-state index in [0.29, 0.717) is 0 Å². The summed E-state index contributed by atoms with van der Waals surface area (Å²) in [6.45, 7) is 4.35. The maximum absolute atomic E-state index is 11.2. The molecular weight excluding hydrogens is 244 g/mol. The normalized spacial score (nSPS) is 36.2.